The van der Waals surface area contributed by atoms with E-state index in [1.54, 1.807) is 18.2 Å². The fourth-order valence-electron chi connectivity index (χ4n) is 4.72. The lowest BCUT2D eigenvalue weighted by atomic mass is 10.00. The molecule has 2 amide bonds. The molecule has 2 atom stereocenters. The molecule has 1 aliphatic rings. The molecule has 2 aromatic rings. The van der Waals surface area contributed by atoms with Gasteiger partial charge in [0.15, 0.2) is 0 Å². The zero-order valence-electron chi connectivity index (χ0n) is 25.0. The van der Waals surface area contributed by atoms with Crippen molar-refractivity contribution in [2.45, 2.75) is 71.4 Å². The number of amides is 2. The highest BCUT2D eigenvalue weighted by Gasteiger charge is 2.23. The van der Waals surface area contributed by atoms with Gasteiger partial charge in [0.05, 0.1) is 24.6 Å². The van der Waals surface area contributed by atoms with Gasteiger partial charge < -0.3 is 20.7 Å². The summed E-state index contributed by atoms with van der Waals surface area (Å²) in [7, 11) is -2.09. The molecule has 0 saturated heterocycles. The second kappa shape index (κ2) is 15.2. The van der Waals surface area contributed by atoms with E-state index < -0.39 is 10.0 Å². The SMILES string of the molecule is CCCC[C@H](NCC1Cc2cccc(c2)CCCOc2cc(cc(N(C)S(C)(=O)=O)c2)C(=O)N1)C(=O)NCC(C)C. The van der Waals surface area contributed by atoms with Gasteiger partial charge in [0.25, 0.3) is 5.91 Å². The van der Waals surface area contributed by atoms with Gasteiger partial charge in [0.2, 0.25) is 15.9 Å². The summed E-state index contributed by atoms with van der Waals surface area (Å²) >= 11 is 0. The Morgan fingerprint density at radius 3 is 2.63 bits per heavy atom. The molecule has 2 aromatic carbocycles. The molecule has 3 rings (SSSR count). The number of fused-ring (bicyclic) bond motifs is 4. The van der Waals surface area contributed by atoms with Gasteiger partial charge in [0.1, 0.15) is 5.75 Å². The van der Waals surface area contributed by atoms with Gasteiger partial charge in [-0.1, -0.05) is 57.9 Å². The monoisotopic (exact) mass is 586 g/mol. The number of hydrogen-bond acceptors (Lipinski definition) is 6. The number of nitrogens with zero attached hydrogens (tertiary/aromatic N) is 1. The Kier molecular flexibility index (Phi) is 12.0. The predicted octanol–water partition coefficient (Wildman–Crippen LogP) is 3.67. The second-order valence-electron chi connectivity index (χ2n) is 11.3. The molecule has 1 aliphatic heterocycles. The Bertz CT molecular complexity index is 1280. The third kappa shape index (κ3) is 10.3. The number of nitrogens with one attached hydrogen (secondary N) is 3. The Morgan fingerprint density at radius 2 is 1.93 bits per heavy atom. The van der Waals surface area contributed by atoms with E-state index >= 15 is 0 Å². The van der Waals surface area contributed by atoms with Crippen molar-refractivity contribution in [2.75, 3.05) is 37.3 Å². The first-order valence-corrected chi connectivity index (χ1v) is 16.4. The van der Waals surface area contributed by atoms with Gasteiger partial charge in [-0.25, -0.2) is 8.42 Å². The summed E-state index contributed by atoms with van der Waals surface area (Å²) in [5, 5.41) is 9.60. The maximum absolute atomic E-state index is 13.6. The second-order valence-corrected chi connectivity index (χ2v) is 13.3. The van der Waals surface area contributed by atoms with Crippen LogP contribution in [-0.2, 0) is 27.7 Å². The fraction of sp³-hybridized carbons (Fsp3) is 0.548. The van der Waals surface area contributed by atoms with E-state index in [-0.39, 0.29) is 23.9 Å². The van der Waals surface area contributed by atoms with Crippen LogP contribution >= 0.6 is 0 Å². The standard InChI is InChI=1S/C31H46N4O5S/c1-6-7-13-29(31(37)33-20-22(2)3)32-21-26-16-24-11-8-10-23(15-24)12-9-14-40-28-18-25(30(36)34-26)17-27(19-28)35(4)41(5,38)39/h8,10-11,15,17-19,22,26,29,32H,6-7,9,12-14,16,20-21H2,1-5H3,(H,33,37)(H,34,36)/t26?,29-/m0/s1. The minimum absolute atomic E-state index is 0.0281. The topological polar surface area (TPSA) is 117 Å². The van der Waals surface area contributed by atoms with Gasteiger partial charge in [-0.15, -0.1) is 0 Å². The maximum Gasteiger partial charge on any atom is 0.251 e. The van der Waals surface area contributed by atoms with Crippen LogP contribution in [0.3, 0.4) is 0 Å². The normalized spacial score (nSPS) is 16.7. The van der Waals surface area contributed by atoms with Crippen LogP contribution in [0.4, 0.5) is 5.69 Å². The van der Waals surface area contributed by atoms with Crippen molar-refractivity contribution in [1.29, 1.82) is 0 Å². The zero-order chi connectivity index (χ0) is 30.0. The van der Waals surface area contributed by atoms with Crippen LogP contribution in [0.25, 0.3) is 0 Å². The number of ether oxygens (including phenoxy) is 1. The predicted molar refractivity (Wildman–Crippen MR) is 164 cm³/mol. The van der Waals surface area contributed by atoms with Gasteiger partial charge in [-0.2, -0.15) is 0 Å². The van der Waals surface area contributed by atoms with Crippen molar-refractivity contribution < 1.29 is 22.7 Å². The smallest absolute Gasteiger partial charge is 0.251 e. The number of carbonyl (C=O) groups is 2. The van der Waals surface area contributed by atoms with Crippen LogP contribution in [0, 0.1) is 5.92 Å². The average Bonchev–Trinajstić information content (AvgIpc) is 2.92. The first-order valence-electron chi connectivity index (χ1n) is 14.6. The maximum atomic E-state index is 13.6. The third-order valence-corrected chi connectivity index (χ3v) is 8.37. The van der Waals surface area contributed by atoms with E-state index in [2.05, 4.69) is 54.9 Å². The van der Waals surface area contributed by atoms with E-state index in [9.17, 15) is 18.0 Å². The fourth-order valence-corrected chi connectivity index (χ4v) is 5.21. The first kappa shape index (κ1) is 32.4. The van der Waals surface area contributed by atoms with Crippen molar-refractivity contribution >= 4 is 27.5 Å². The number of rotatable bonds is 11. The van der Waals surface area contributed by atoms with E-state index in [0.29, 0.717) is 55.5 Å². The summed E-state index contributed by atoms with van der Waals surface area (Å²) in [4.78, 5) is 26.6. The highest BCUT2D eigenvalue weighted by molar-refractivity contribution is 7.92. The number of benzene rings is 2. The Labute approximate surface area is 245 Å². The zero-order valence-corrected chi connectivity index (χ0v) is 25.9. The molecule has 9 nitrogen and oxygen atoms in total. The number of carbonyl (C=O) groups excluding carboxylic acids is 2. The summed E-state index contributed by atoms with van der Waals surface area (Å²) in [6.07, 6.45) is 5.89. The van der Waals surface area contributed by atoms with Crippen LogP contribution in [0.5, 0.6) is 5.75 Å². The van der Waals surface area contributed by atoms with Crippen molar-refractivity contribution in [3.8, 4) is 5.75 Å². The highest BCUT2D eigenvalue weighted by Crippen LogP contribution is 2.26. The molecule has 0 aromatic heterocycles. The third-order valence-electron chi connectivity index (χ3n) is 7.16. The lowest BCUT2D eigenvalue weighted by Gasteiger charge is -2.25. The minimum Gasteiger partial charge on any atom is -0.493 e. The van der Waals surface area contributed by atoms with Gasteiger partial charge in [-0.05, 0) is 54.9 Å². The van der Waals surface area contributed by atoms with Crippen molar-refractivity contribution in [1.82, 2.24) is 16.0 Å². The van der Waals surface area contributed by atoms with Gasteiger partial charge in [-0.3, -0.25) is 13.9 Å². The number of aryl methyl sites for hydroxylation is 1. The molecular weight excluding hydrogens is 540 g/mol. The summed E-state index contributed by atoms with van der Waals surface area (Å²) < 4.78 is 31.6. The lowest BCUT2D eigenvalue weighted by molar-refractivity contribution is -0.123. The van der Waals surface area contributed by atoms with Gasteiger partial charge >= 0.3 is 0 Å². The molecule has 4 bridgehead atoms. The number of sulfonamides is 1. The van der Waals surface area contributed by atoms with E-state index in [1.807, 2.05) is 6.07 Å². The molecule has 0 aliphatic carbocycles. The summed E-state index contributed by atoms with van der Waals surface area (Å²) in [6.45, 7) is 7.66. The minimum atomic E-state index is -3.54. The first-order chi connectivity index (χ1) is 19.5. The average molecular weight is 587 g/mol. The molecular formula is C31H46N4O5S. The largest absolute Gasteiger partial charge is 0.493 e. The van der Waals surface area contributed by atoms with Crippen LogP contribution < -0.4 is 25.0 Å². The van der Waals surface area contributed by atoms with E-state index in [1.165, 1.54) is 12.6 Å². The summed E-state index contributed by atoms with van der Waals surface area (Å²) in [5.41, 5.74) is 2.93. The molecule has 10 heteroatoms. The molecule has 41 heavy (non-hydrogen) atoms. The molecule has 1 unspecified atom stereocenters. The molecule has 0 saturated carbocycles. The van der Waals surface area contributed by atoms with Crippen molar-refractivity contribution in [2.24, 2.45) is 5.92 Å². The molecule has 0 fully saturated rings. The molecule has 1 heterocycles. The molecule has 0 radical (unpaired) electrons. The Morgan fingerprint density at radius 1 is 1.17 bits per heavy atom. The van der Waals surface area contributed by atoms with Crippen LogP contribution in [0.1, 0.15) is 67.9 Å². The Hall–Kier alpha value is -3.11. The van der Waals surface area contributed by atoms with Crippen molar-refractivity contribution in [3.05, 3.63) is 59.2 Å². The number of hydrogen-bond donors (Lipinski definition) is 3. The van der Waals surface area contributed by atoms with Crippen molar-refractivity contribution in [3.63, 3.8) is 0 Å². The Balaban J connectivity index is 1.90. The molecule has 226 valence electrons. The molecule has 0 spiro atoms. The highest BCUT2D eigenvalue weighted by atomic mass is 32.2. The summed E-state index contributed by atoms with van der Waals surface area (Å²) in [5.74, 6) is 0.418. The molecule has 3 N–H and O–H groups in total. The van der Waals surface area contributed by atoms with E-state index in [0.717, 1.165) is 41.8 Å². The van der Waals surface area contributed by atoms with Crippen LogP contribution in [-0.4, -0.2) is 65.3 Å². The lowest BCUT2D eigenvalue weighted by Crippen LogP contribution is -2.51. The van der Waals surface area contributed by atoms with Gasteiger partial charge in [0, 0.05) is 37.8 Å². The number of unbranched alkanes of at least 4 members (excludes halogenated alkanes) is 1. The van der Waals surface area contributed by atoms with Crippen LogP contribution in [0.15, 0.2) is 42.5 Å². The number of anilines is 1. The summed E-state index contributed by atoms with van der Waals surface area (Å²) in [6, 6.07) is 12.5. The van der Waals surface area contributed by atoms with E-state index in [4.69, 9.17) is 4.74 Å². The van der Waals surface area contributed by atoms with Crippen LogP contribution in [0.2, 0.25) is 0 Å². The quantitative estimate of drug-likeness (QED) is 0.370.